The first-order chi connectivity index (χ1) is 15.0. The van der Waals surface area contributed by atoms with Crippen molar-refractivity contribution >= 4 is 23.3 Å². The summed E-state index contributed by atoms with van der Waals surface area (Å²) in [7, 11) is 0. The molecular formula is C24H21F2N3O2. The normalized spacial score (nSPS) is 13.9. The summed E-state index contributed by atoms with van der Waals surface area (Å²) >= 11 is 0. The Bertz CT molecular complexity index is 1100. The van der Waals surface area contributed by atoms with E-state index < -0.39 is 5.82 Å². The molecule has 1 N–H and O–H groups in total. The van der Waals surface area contributed by atoms with E-state index in [9.17, 15) is 18.4 Å². The van der Waals surface area contributed by atoms with E-state index >= 15 is 0 Å². The number of anilines is 2. The first kappa shape index (κ1) is 20.5. The maximum Gasteiger partial charge on any atom is 0.324 e. The van der Waals surface area contributed by atoms with Gasteiger partial charge in [0, 0.05) is 36.6 Å². The molecule has 0 aromatic heterocycles. The standard InChI is InChI=1S/C24H21F2N3O2/c25-19-10-8-17(9-11-19)16-28-12-3-13-29(24(28)31)22-7-1-4-18(14-22)23(30)27-21-6-2-5-20(26)15-21/h1-2,4-11,14-15H,3,12-13,16H2,(H,27,30). The minimum absolute atomic E-state index is 0.168. The lowest BCUT2D eigenvalue weighted by Gasteiger charge is -2.35. The van der Waals surface area contributed by atoms with Crippen molar-refractivity contribution in [1.82, 2.24) is 4.90 Å². The summed E-state index contributed by atoms with van der Waals surface area (Å²) in [6.07, 6.45) is 0.770. The summed E-state index contributed by atoms with van der Waals surface area (Å²) in [5.41, 5.74) is 2.18. The van der Waals surface area contributed by atoms with Crippen molar-refractivity contribution < 1.29 is 18.4 Å². The van der Waals surface area contributed by atoms with Gasteiger partial charge in [0.25, 0.3) is 5.91 Å². The molecule has 1 heterocycles. The van der Waals surface area contributed by atoms with Gasteiger partial charge in [-0.3, -0.25) is 9.69 Å². The predicted molar refractivity (Wildman–Crippen MR) is 115 cm³/mol. The van der Waals surface area contributed by atoms with E-state index in [1.54, 1.807) is 52.3 Å². The van der Waals surface area contributed by atoms with E-state index in [4.69, 9.17) is 0 Å². The molecule has 158 valence electrons. The highest BCUT2D eigenvalue weighted by atomic mass is 19.1. The van der Waals surface area contributed by atoms with Gasteiger partial charge < -0.3 is 10.2 Å². The lowest BCUT2D eigenvalue weighted by atomic mass is 10.1. The SMILES string of the molecule is O=C(Nc1cccc(F)c1)c1cccc(N2CCCN(Cc3ccc(F)cc3)C2=O)c1. The molecule has 1 fully saturated rings. The molecule has 1 aliphatic rings. The van der Waals surface area contributed by atoms with Crippen LogP contribution in [0.4, 0.5) is 25.0 Å². The van der Waals surface area contributed by atoms with Crippen LogP contribution in [0.3, 0.4) is 0 Å². The third-order valence-electron chi connectivity index (χ3n) is 5.10. The Labute approximate surface area is 178 Å². The minimum atomic E-state index is -0.438. The van der Waals surface area contributed by atoms with Gasteiger partial charge in [-0.1, -0.05) is 24.3 Å². The zero-order valence-electron chi connectivity index (χ0n) is 16.7. The first-order valence-corrected chi connectivity index (χ1v) is 9.97. The maximum absolute atomic E-state index is 13.4. The van der Waals surface area contributed by atoms with Gasteiger partial charge >= 0.3 is 6.03 Å². The zero-order valence-corrected chi connectivity index (χ0v) is 16.7. The molecule has 31 heavy (non-hydrogen) atoms. The molecule has 1 saturated heterocycles. The van der Waals surface area contributed by atoms with Crippen LogP contribution in [0, 0.1) is 11.6 Å². The van der Waals surface area contributed by atoms with E-state index in [0.29, 0.717) is 36.6 Å². The fourth-order valence-electron chi connectivity index (χ4n) is 3.56. The lowest BCUT2D eigenvalue weighted by molar-refractivity contribution is 0.102. The van der Waals surface area contributed by atoms with Crippen LogP contribution in [-0.4, -0.2) is 29.9 Å². The summed E-state index contributed by atoms with van der Waals surface area (Å²) < 4.78 is 26.5. The van der Waals surface area contributed by atoms with Crippen molar-refractivity contribution in [3.63, 3.8) is 0 Å². The Morgan fingerprint density at radius 2 is 1.68 bits per heavy atom. The van der Waals surface area contributed by atoms with Crippen molar-refractivity contribution in [3.05, 3.63) is 95.6 Å². The van der Waals surface area contributed by atoms with E-state index in [-0.39, 0.29) is 17.8 Å². The molecule has 3 aromatic carbocycles. The monoisotopic (exact) mass is 421 g/mol. The molecule has 0 saturated carbocycles. The highest BCUT2D eigenvalue weighted by Gasteiger charge is 2.27. The van der Waals surface area contributed by atoms with Crippen molar-refractivity contribution in [2.75, 3.05) is 23.3 Å². The number of rotatable bonds is 5. The molecule has 0 unspecified atom stereocenters. The van der Waals surface area contributed by atoms with E-state index in [0.717, 1.165) is 12.0 Å². The van der Waals surface area contributed by atoms with Crippen LogP contribution in [0.2, 0.25) is 0 Å². The number of nitrogens with one attached hydrogen (secondary N) is 1. The molecule has 3 amide bonds. The molecule has 0 atom stereocenters. The van der Waals surface area contributed by atoms with Crippen LogP contribution >= 0.6 is 0 Å². The molecule has 7 heteroatoms. The number of amides is 3. The summed E-state index contributed by atoms with van der Waals surface area (Å²) in [6.45, 7) is 1.52. The van der Waals surface area contributed by atoms with Crippen molar-refractivity contribution in [2.24, 2.45) is 0 Å². The highest BCUT2D eigenvalue weighted by Crippen LogP contribution is 2.23. The maximum atomic E-state index is 13.4. The fourth-order valence-corrected chi connectivity index (χ4v) is 3.56. The summed E-state index contributed by atoms with van der Waals surface area (Å²) in [6, 6.07) is 18.4. The Hall–Kier alpha value is -3.74. The second kappa shape index (κ2) is 8.95. The number of urea groups is 1. The van der Waals surface area contributed by atoms with Gasteiger partial charge in [-0.05, 0) is 60.5 Å². The minimum Gasteiger partial charge on any atom is -0.322 e. The fraction of sp³-hybridized carbons (Fsp3) is 0.167. The molecule has 0 radical (unpaired) electrons. The van der Waals surface area contributed by atoms with Crippen LogP contribution in [0.15, 0.2) is 72.8 Å². The number of carbonyl (C=O) groups excluding carboxylic acids is 2. The van der Waals surface area contributed by atoms with Gasteiger partial charge in [0.1, 0.15) is 11.6 Å². The molecule has 5 nitrogen and oxygen atoms in total. The van der Waals surface area contributed by atoms with E-state index in [1.165, 1.54) is 30.3 Å². The van der Waals surface area contributed by atoms with Gasteiger partial charge in [-0.25, -0.2) is 13.6 Å². The van der Waals surface area contributed by atoms with Gasteiger partial charge in [0.05, 0.1) is 0 Å². The third-order valence-corrected chi connectivity index (χ3v) is 5.10. The van der Waals surface area contributed by atoms with Crippen molar-refractivity contribution in [3.8, 4) is 0 Å². The summed E-state index contributed by atoms with van der Waals surface area (Å²) in [4.78, 5) is 29.0. The van der Waals surface area contributed by atoms with Gasteiger partial charge in [-0.15, -0.1) is 0 Å². The average molecular weight is 421 g/mol. The molecule has 0 aliphatic carbocycles. The second-order valence-electron chi connectivity index (χ2n) is 7.35. The lowest BCUT2D eigenvalue weighted by Crippen LogP contribution is -2.49. The molecule has 4 rings (SSSR count). The molecule has 0 spiro atoms. The van der Waals surface area contributed by atoms with Gasteiger partial charge in [-0.2, -0.15) is 0 Å². The molecular weight excluding hydrogens is 400 g/mol. The van der Waals surface area contributed by atoms with E-state index in [2.05, 4.69) is 5.32 Å². The summed E-state index contributed by atoms with van der Waals surface area (Å²) in [5.74, 6) is -1.14. The smallest absolute Gasteiger partial charge is 0.322 e. The number of hydrogen-bond donors (Lipinski definition) is 1. The number of benzene rings is 3. The molecule has 1 aliphatic heterocycles. The Balaban J connectivity index is 1.49. The van der Waals surface area contributed by atoms with Crippen molar-refractivity contribution in [1.29, 1.82) is 0 Å². The Morgan fingerprint density at radius 1 is 0.903 bits per heavy atom. The topological polar surface area (TPSA) is 52.7 Å². The predicted octanol–water partition coefficient (Wildman–Crippen LogP) is 5.05. The summed E-state index contributed by atoms with van der Waals surface area (Å²) in [5, 5.41) is 2.66. The van der Waals surface area contributed by atoms with Gasteiger partial charge in [0.15, 0.2) is 0 Å². The van der Waals surface area contributed by atoms with Crippen LogP contribution in [0.1, 0.15) is 22.3 Å². The second-order valence-corrected chi connectivity index (χ2v) is 7.35. The van der Waals surface area contributed by atoms with Gasteiger partial charge in [0.2, 0.25) is 0 Å². The number of halogens is 2. The average Bonchev–Trinajstić information content (AvgIpc) is 2.77. The number of carbonyl (C=O) groups is 2. The van der Waals surface area contributed by atoms with Crippen LogP contribution in [0.25, 0.3) is 0 Å². The quantitative estimate of drug-likeness (QED) is 0.627. The van der Waals surface area contributed by atoms with Crippen LogP contribution in [-0.2, 0) is 6.54 Å². The van der Waals surface area contributed by atoms with E-state index in [1.807, 2.05) is 0 Å². The highest BCUT2D eigenvalue weighted by molar-refractivity contribution is 6.05. The Morgan fingerprint density at radius 3 is 2.45 bits per heavy atom. The number of hydrogen-bond acceptors (Lipinski definition) is 2. The molecule has 0 bridgehead atoms. The zero-order chi connectivity index (χ0) is 21.8. The molecule has 3 aromatic rings. The largest absolute Gasteiger partial charge is 0.324 e. The van der Waals surface area contributed by atoms with Crippen molar-refractivity contribution in [2.45, 2.75) is 13.0 Å². The van der Waals surface area contributed by atoms with Crippen LogP contribution in [0.5, 0.6) is 0 Å². The van der Waals surface area contributed by atoms with Crippen LogP contribution < -0.4 is 10.2 Å². The third kappa shape index (κ3) is 4.88. The number of nitrogens with zero attached hydrogens (tertiary/aromatic N) is 2. The first-order valence-electron chi connectivity index (χ1n) is 9.97. The Kier molecular flexibility index (Phi) is 5.93.